The van der Waals surface area contributed by atoms with Crippen LogP contribution in [0.1, 0.15) is 33.7 Å². The first-order valence-corrected chi connectivity index (χ1v) is 11.1. The Morgan fingerprint density at radius 2 is 1.50 bits per heavy atom. The van der Waals surface area contributed by atoms with Crippen LogP contribution in [-0.2, 0) is 14.5 Å². The minimum atomic E-state index is -1.05. The summed E-state index contributed by atoms with van der Waals surface area (Å²) in [5.41, 5.74) is 5.64. The number of halogens is 2. The number of imide groups is 1. The maximum atomic E-state index is 13.8. The number of alkyl halides is 1. The van der Waals surface area contributed by atoms with Crippen molar-refractivity contribution in [1.29, 1.82) is 0 Å². The van der Waals surface area contributed by atoms with Crippen LogP contribution in [-0.4, -0.2) is 11.8 Å². The van der Waals surface area contributed by atoms with E-state index < -0.39 is 16.7 Å². The van der Waals surface area contributed by atoms with Gasteiger partial charge in [0, 0.05) is 10.4 Å². The van der Waals surface area contributed by atoms with Crippen LogP contribution in [0.5, 0.6) is 0 Å². The Balaban J connectivity index is 1.60. The Hall–Kier alpha value is -2.43. The fourth-order valence-corrected chi connectivity index (χ4v) is 6.59. The van der Waals surface area contributed by atoms with Crippen LogP contribution in [0.25, 0.3) is 0 Å². The lowest BCUT2D eigenvalue weighted by atomic mass is 9.54. The lowest BCUT2D eigenvalue weighted by Gasteiger charge is -2.50. The van der Waals surface area contributed by atoms with Gasteiger partial charge in [-0.15, -0.1) is 11.6 Å². The molecule has 0 saturated carbocycles. The molecule has 3 aromatic rings. The van der Waals surface area contributed by atoms with Gasteiger partial charge in [0.2, 0.25) is 11.8 Å². The van der Waals surface area contributed by atoms with Crippen molar-refractivity contribution in [2.45, 2.75) is 17.7 Å². The van der Waals surface area contributed by atoms with Crippen molar-refractivity contribution < 1.29 is 9.59 Å². The van der Waals surface area contributed by atoms with E-state index in [1.54, 1.807) is 0 Å². The molecule has 1 heterocycles. The van der Waals surface area contributed by atoms with Crippen molar-refractivity contribution >= 4 is 45.0 Å². The molecular weight excluding hydrogens is 462 g/mol. The lowest BCUT2D eigenvalue weighted by Crippen LogP contribution is -2.50. The van der Waals surface area contributed by atoms with Crippen LogP contribution < -0.4 is 4.90 Å². The van der Waals surface area contributed by atoms with E-state index in [4.69, 9.17) is 11.6 Å². The van der Waals surface area contributed by atoms with Gasteiger partial charge in [-0.3, -0.25) is 9.59 Å². The van der Waals surface area contributed by atoms with Gasteiger partial charge in [0.1, 0.15) is 4.87 Å². The van der Waals surface area contributed by atoms with E-state index >= 15 is 0 Å². The Bertz CT molecular complexity index is 1220. The zero-order valence-electron chi connectivity index (χ0n) is 16.1. The highest BCUT2D eigenvalue weighted by molar-refractivity contribution is 9.10. The SMILES string of the molecule is Cc1ccc(N2C(=O)[C@@H]3C4c5ccccc5C(Cl)(c5ccccc54)[C@@H]3C2=O)cc1Br. The van der Waals surface area contributed by atoms with Gasteiger partial charge in [0.25, 0.3) is 0 Å². The normalized spacial score (nSPS) is 28.4. The topological polar surface area (TPSA) is 37.4 Å². The van der Waals surface area contributed by atoms with Crippen LogP contribution in [0, 0.1) is 18.8 Å². The molecule has 0 radical (unpaired) electrons. The highest BCUT2D eigenvalue weighted by Gasteiger charge is 2.67. The van der Waals surface area contributed by atoms with Gasteiger partial charge in [-0.1, -0.05) is 70.5 Å². The van der Waals surface area contributed by atoms with E-state index in [9.17, 15) is 9.59 Å². The molecule has 2 atom stereocenters. The predicted octanol–water partition coefficient (Wildman–Crippen LogP) is 5.50. The van der Waals surface area contributed by atoms with Gasteiger partial charge < -0.3 is 0 Å². The van der Waals surface area contributed by atoms with Gasteiger partial charge in [0.05, 0.1) is 17.5 Å². The third kappa shape index (κ3) is 2.06. The largest absolute Gasteiger partial charge is 0.274 e. The van der Waals surface area contributed by atoms with Crippen molar-refractivity contribution in [2.75, 3.05) is 4.90 Å². The van der Waals surface area contributed by atoms with E-state index in [0.717, 1.165) is 32.3 Å². The number of hydrogen-bond acceptors (Lipinski definition) is 2. The Kier molecular flexibility index (Phi) is 3.70. The molecule has 0 N–H and O–H groups in total. The molecule has 148 valence electrons. The number of carbonyl (C=O) groups is 2. The molecule has 0 aromatic heterocycles. The van der Waals surface area contributed by atoms with Crippen LogP contribution in [0.4, 0.5) is 5.69 Å². The number of hydrogen-bond donors (Lipinski definition) is 0. The summed E-state index contributed by atoms with van der Waals surface area (Å²) >= 11 is 10.9. The van der Waals surface area contributed by atoms with E-state index in [1.165, 1.54) is 4.90 Å². The first-order chi connectivity index (χ1) is 14.4. The van der Waals surface area contributed by atoms with Gasteiger partial charge >= 0.3 is 0 Å². The Morgan fingerprint density at radius 1 is 0.900 bits per heavy atom. The predicted molar refractivity (Wildman–Crippen MR) is 120 cm³/mol. The minimum Gasteiger partial charge on any atom is -0.274 e. The smallest absolute Gasteiger partial charge is 0.240 e. The molecule has 2 bridgehead atoms. The second-order valence-electron chi connectivity index (χ2n) is 8.31. The van der Waals surface area contributed by atoms with Gasteiger partial charge in [-0.2, -0.15) is 0 Å². The summed E-state index contributed by atoms with van der Waals surface area (Å²) < 4.78 is 0.866. The monoisotopic (exact) mass is 477 g/mol. The average Bonchev–Trinajstić information content (AvgIpc) is 3.02. The molecule has 2 amide bonds. The lowest BCUT2D eigenvalue weighted by molar-refractivity contribution is -0.122. The number of anilines is 1. The van der Waals surface area contributed by atoms with Gasteiger partial charge in [0.15, 0.2) is 0 Å². The van der Waals surface area contributed by atoms with E-state index in [0.29, 0.717) is 5.69 Å². The summed E-state index contributed by atoms with van der Waals surface area (Å²) in [6.45, 7) is 1.97. The van der Waals surface area contributed by atoms with Gasteiger partial charge in [-0.25, -0.2) is 4.90 Å². The fourth-order valence-electron chi connectivity index (χ4n) is 5.65. The van der Waals surface area contributed by atoms with E-state index in [2.05, 4.69) is 15.9 Å². The molecule has 0 spiro atoms. The third-order valence-corrected chi connectivity index (χ3v) is 8.42. The van der Waals surface area contributed by atoms with Crippen molar-refractivity contribution in [2.24, 2.45) is 11.8 Å². The summed E-state index contributed by atoms with van der Waals surface area (Å²) in [7, 11) is 0. The summed E-state index contributed by atoms with van der Waals surface area (Å²) in [4.78, 5) is 27.8. The van der Waals surface area contributed by atoms with E-state index in [-0.39, 0.29) is 17.7 Å². The molecule has 1 fully saturated rings. The quantitative estimate of drug-likeness (QED) is 0.342. The minimum absolute atomic E-state index is 0.167. The summed E-state index contributed by atoms with van der Waals surface area (Å²) in [6.07, 6.45) is 0. The van der Waals surface area contributed by atoms with Crippen LogP contribution in [0.15, 0.2) is 71.2 Å². The second-order valence-corrected chi connectivity index (χ2v) is 9.76. The number of amides is 2. The first-order valence-electron chi connectivity index (χ1n) is 9.96. The summed E-state index contributed by atoms with van der Waals surface area (Å²) in [6, 6.07) is 21.6. The van der Waals surface area contributed by atoms with Crippen molar-refractivity contribution in [1.82, 2.24) is 0 Å². The third-order valence-electron chi connectivity index (χ3n) is 6.93. The Labute approximate surface area is 187 Å². The molecule has 1 aliphatic heterocycles. The molecule has 1 saturated heterocycles. The molecule has 5 heteroatoms. The maximum Gasteiger partial charge on any atom is 0.240 e. The Morgan fingerprint density at radius 3 is 2.10 bits per heavy atom. The summed E-state index contributed by atoms with van der Waals surface area (Å²) in [5, 5.41) is 0. The van der Waals surface area contributed by atoms with E-state index in [1.807, 2.05) is 73.7 Å². The number of aryl methyl sites for hydroxylation is 1. The second kappa shape index (κ2) is 6.05. The van der Waals surface area contributed by atoms with Crippen LogP contribution in [0.3, 0.4) is 0 Å². The molecule has 3 aromatic carbocycles. The molecule has 3 nitrogen and oxygen atoms in total. The number of rotatable bonds is 1. The molecule has 3 aliphatic carbocycles. The number of carbonyl (C=O) groups excluding carboxylic acids is 2. The standard InChI is InChI=1S/C25H17BrClNO2/c1-13-10-11-14(12-19(13)26)28-23(29)21-20-15-6-2-4-8-17(15)25(27,22(21)24(28)30)18-9-5-3-7-16(18)20/h2-12,20-22H,1H3/t20?,21-,22+,25?/m1/s1. The van der Waals surface area contributed by atoms with Gasteiger partial charge in [-0.05, 0) is 46.9 Å². The fraction of sp³-hybridized carbons (Fsp3) is 0.200. The maximum absolute atomic E-state index is 13.8. The molecule has 4 aliphatic rings. The molecule has 0 unspecified atom stereocenters. The summed E-state index contributed by atoms with van der Waals surface area (Å²) in [5.74, 6) is -1.68. The van der Waals surface area contributed by atoms with Crippen LogP contribution >= 0.6 is 27.5 Å². The molecular formula is C25H17BrClNO2. The zero-order chi connectivity index (χ0) is 20.8. The highest BCUT2D eigenvalue weighted by Crippen LogP contribution is 2.65. The number of benzene rings is 3. The molecule has 30 heavy (non-hydrogen) atoms. The van der Waals surface area contributed by atoms with Crippen molar-refractivity contribution in [3.63, 3.8) is 0 Å². The molecule has 7 rings (SSSR count). The van der Waals surface area contributed by atoms with Crippen molar-refractivity contribution in [3.05, 3.63) is 99.0 Å². The van der Waals surface area contributed by atoms with Crippen LogP contribution in [0.2, 0.25) is 0 Å². The average molecular weight is 479 g/mol. The zero-order valence-corrected chi connectivity index (χ0v) is 18.4. The first kappa shape index (κ1) is 18.3. The van der Waals surface area contributed by atoms with Crippen molar-refractivity contribution in [3.8, 4) is 0 Å². The number of nitrogens with zero attached hydrogens (tertiary/aromatic N) is 1. The highest BCUT2D eigenvalue weighted by atomic mass is 79.9.